The Hall–Kier alpha value is -0.120. The summed E-state index contributed by atoms with van der Waals surface area (Å²) in [4.78, 5) is 2.34. The molecule has 1 aliphatic heterocycles. The molecule has 3 nitrogen and oxygen atoms in total. The summed E-state index contributed by atoms with van der Waals surface area (Å²) in [5.41, 5.74) is -0.131. The van der Waals surface area contributed by atoms with E-state index in [0.717, 1.165) is 32.7 Å². The molecule has 1 atom stereocenters. The minimum Gasteiger partial charge on any atom is -0.391 e. The van der Waals surface area contributed by atoms with Gasteiger partial charge in [0.25, 0.3) is 0 Å². The molecule has 0 spiro atoms. The second-order valence-corrected chi connectivity index (χ2v) is 5.40. The van der Waals surface area contributed by atoms with E-state index < -0.39 is 0 Å². The second-order valence-electron chi connectivity index (χ2n) is 5.40. The van der Waals surface area contributed by atoms with Crippen LogP contribution in [0.15, 0.2) is 0 Å². The molecular formula is C12H25NO2. The van der Waals surface area contributed by atoms with Crippen molar-refractivity contribution in [3.8, 4) is 0 Å². The highest BCUT2D eigenvalue weighted by Gasteiger charge is 2.35. The molecule has 1 rings (SSSR count). The van der Waals surface area contributed by atoms with E-state index in [1.807, 2.05) is 0 Å². The maximum Gasteiger partial charge on any atom is 0.0720 e. The molecule has 0 bridgehead atoms. The molecule has 1 fully saturated rings. The van der Waals surface area contributed by atoms with Crippen molar-refractivity contribution in [2.45, 2.75) is 45.8 Å². The van der Waals surface area contributed by atoms with Gasteiger partial charge in [-0.05, 0) is 26.2 Å². The van der Waals surface area contributed by atoms with Crippen molar-refractivity contribution in [2.75, 3.05) is 26.3 Å². The van der Waals surface area contributed by atoms with E-state index in [-0.39, 0.29) is 11.6 Å². The van der Waals surface area contributed by atoms with Crippen molar-refractivity contribution >= 4 is 0 Å². The van der Waals surface area contributed by atoms with Gasteiger partial charge in [0.15, 0.2) is 0 Å². The van der Waals surface area contributed by atoms with Gasteiger partial charge in [0.2, 0.25) is 0 Å². The molecule has 1 heterocycles. The molecule has 0 aromatic carbocycles. The van der Waals surface area contributed by atoms with E-state index in [1.54, 1.807) is 0 Å². The first-order valence-corrected chi connectivity index (χ1v) is 5.95. The summed E-state index contributed by atoms with van der Waals surface area (Å²) in [6.45, 7) is 12.0. The maximum absolute atomic E-state index is 10.2. The predicted octanol–water partition coefficient (Wildman–Crippen LogP) is 1.50. The number of nitrogens with zero attached hydrogens (tertiary/aromatic N) is 1. The molecule has 0 aromatic heterocycles. The van der Waals surface area contributed by atoms with Crippen molar-refractivity contribution in [3.05, 3.63) is 0 Å². The van der Waals surface area contributed by atoms with Crippen LogP contribution >= 0.6 is 0 Å². The summed E-state index contributed by atoms with van der Waals surface area (Å²) < 4.78 is 5.33. The Balaban J connectivity index is 2.54. The summed E-state index contributed by atoms with van der Waals surface area (Å²) >= 11 is 0. The molecule has 0 aromatic rings. The van der Waals surface area contributed by atoms with Gasteiger partial charge in [0.1, 0.15) is 0 Å². The van der Waals surface area contributed by atoms with Gasteiger partial charge in [0.05, 0.1) is 19.3 Å². The molecule has 0 saturated carbocycles. The van der Waals surface area contributed by atoms with Crippen LogP contribution in [0.25, 0.3) is 0 Å². The van der Waals surface area contributed by atoms with Gasteiger partial charge in [0, 0.05) is 18.6 Å². The summed E-state index contributed by atoms with van der Waals surface area (Å²) in [7, 11) is 0. The van der Waals surface area contributed by atoms with Gasteiger partial charge in [-0.3, -0.25) is 4.90 Å². The molecule has 1 unspecified atom stereocenters. The highest BCUT2D eigenvalue weighted by molar-refractivity contribution is 4.90. The topological polar surface area (TPSA) is 32.7 Å². The first-order chi connectivity index (χ1) is 6.94. The van der Waals surface area contributed by atoms with Crippen molar-refractivity contribution in [1.82, 2.24) is 4.90 Å². The third kappa shape index (κ3) is 3.44. The van der Waals surface area contributed by atoms with Crippen LogP contribution in [0.3, 0.4) is 0 Å². The quantitative estimate of drug-likeness (QED) is 0.771. The van der Waals surface area contributed by atoms with E-state index >= 15 is 0 Å². The standard InChI is InChI=1S/C12H25NO2/c1-10(2)9-11(14)12(3,4)13-5-7-15-8-6-13/h10-11,14H,5-9H2,1-4H3. The van der Waals surface area contributed by atoms with Gasteiger partial charge < -0.3 is 9.84 Å². The smallest absolute Gasteiger partial charge is 0.0720 e. The zero-order valence-corrected chi connectivity index (χ0v) is 10.5. The number of hydrogen-bond acceptors (Lipinski definition) is 3. The first kappa shape index (κ1) is 12.9. The Labute approximate surface area is 93.4 Å². The van der Waals surface area contributed by atoms with Crippen molar-refractivity contribution in [2.24, 2.45) is 5.92 Å². The predicted molar refractivity (Wildman–Crippen MR) is 61.9 cm³/mol. The Bertz CT molecular complexity index is 186. The van der Waals surface area contributed by atoms with Crippen LogP contribution in [0.2, 0.25) is 0 Å². The molecule has 3 heteroatoms. The molecule has 1 N–H and O–H groups in total. The van der Waals surface area contributed by atoms with Crippen LogP contribution in [0.1, 0.15) is 34.1 Å². The average molecular weight is 215 g/mol. The normalized spacial score (nSPS) is 22.0. The van der Waals surface area contributed by atoms with E-state index in [4.69, 9.17) is 4.74 Å². The summed E-state index contributed by atoms with van der Waals surface area (Å²) in [5, 5.41) is 10.2. The molecule has 1 saturated heterocycles. The monoisotopic (exact) mass is 215 g/mol. The highest BCUT2D eigenvalue weighted by Crippen LogP contribution is 2.24. The summed E-state index contributed by atoms with van der Waals surface area (Å²) in [6.07, 6.45) is 0.611. The number of morpholine rings is 1. The highest BCUT2D eigenvalue weighted by atomic mass is 16.5. The van der Waals surface area contributed by atoms with Gasteiger partial charge in [-0.25, -0.2) is 0 Å². The lowest BCUT2D eigenvalue weighted by atomic mass is 9.88. The van der Waals surface area contributed by atoms with E-state index in [1.165, 1.54) is 0 Å². The average Bonchev–Trinajstić information content (AvgIpc) is 2.18. The Kier molecular flexibility index (Phi) is 4.56. The van der Waals surface area contributed by atoms with Crippen LogP contribution in [0.4, 0.5) is 0 Å². The van der Waals surface area contributed by atoms with Crippen molar-refractivity contribution in [3.63, 3.8) is 0 Å². The fraction of sp³-hybridized carbons (Fsp3) is 1.00. The van der Waals surface area contributed by atoms with E-state index in [9.17, 15) is 5.11 Å². The fourth-order valence-corrected chi connectivity index (χ4v) is 2.09. The molecule has 90 valence electrons. The van der Waals surface area contributed by atoms with E-state index in [2.05, 4.69) is 32.6 Å². The first-order valence-electron chi connectivity index (χ1n) is 5.95. The largest absolute Gasteiger partial charge is 0.391 e. The molecule has 0 radical (unpaired) electrons. The minimum atomic E-state index is -0.254. The fourth-order valence-electron chi connectivity index (χ4n) is 2.09. The van der Waals surface area contributed by atoms with Gasteiger partial charge in [-0.15, -0.1) is 0 Å². The zero-order chi connectivity index (χ0) is 11.5. The second kappa shape index (κ2) is 5.28. The molecule has 0 aliphatic carbocycles. The minimum absolute atomic E-state index is 0.131. The Morgan fingerprint density at radius 1 is 1.27 bits per heavy atom. The van der Waals surface area contributed by atoms with Gasteiger partial charge in [-0.2, -0.15) is 0 Å². The number of ether oxygens (including phenoxy) is 1. The van der Waals surface area contributed by atoms with Crippen LogP contribution in [-0.4, -0.2) is 48.0 Å². The van der Waals surface area contributed by atoms with Crippen LogP contribution < -0.4 is 0 Å². The Morgan fingerprint density at radius 2 is 1.80 bits per heavy atom. The molecular weight excluding hydrogens is 190 g/mol. The molecule has 1 aliphatic rings. The maximum atomic E-state index is 10.2. The van der Waals surface area contributed by atoms with Crippen molar-refractivity contribution in [1.29, 1.82) is 0 Å². The lowest BCUT2D eigenvalue weighted by Crippen LogP contribution is -2.56. The third-order valence-electron chi connectivity index (χ3n) is 3.34. The van der Waals surface area contributed by atoms with Crippen LogP contribution in [0, 0.1) is 5.92 Å². The summed E-state index contributed by atoms with van der Waals surface area (Å²) in [5.74, 6) is 0.542. The van der Waals surface area contributed by atoms with Crippen molar-refractivity contribution < 1.29 is 9.84 Å². The number of aliphatic hydroxyl groups is 1. The number of rotatable bonds is 4. The Morgan fingerprint density at radius 3 is 2.27 bits per heavy atom. The third-order valence-corrected chi connectivity index (χ3v) is 3.34. The van der Waals surface area contributed by atoms with Gasteiger partial charge >= 0.3 is 0 Å². The molecule has 15 heavy (non-hydrogen) atoms. The van der Waals surface area contributed by atoms with Gasteiger partial charge in [-0.1, -0.05) is 13.8 Å². The lowest BCUT2D eigenvalue weighted by Gasteiger charge is -2.44. The zero-order valence-electron chi connectivity index (χ0n) is 10.5. The lowest BCUT2D eigenvalue weighted by molar-refractivity contribution is -0.0668. The van der Waals surface area contributed by atoms with Crippen LogP contribution in [-0.2, 0) is 4.74 Å². The number of hydrogen-bond donors (Lipinski definition) is 1. The molecule has 0 amide bonds. The SMILES string of the molecule is CC(C)CC(O)C(C)(C)N1CCOCC1. The summed E-state index contributed by atoms with van der Waals surface area (Å²) in [6, 6.07) is 0. The number of aliphatic hydroxyl groups excluding tert-OH is 1. The van der Waals surface area contributed by atoms with E-state index in [0.29, 0.717) is 5.92 Å². The van der Waals surface area contributed by atoms with Crippen LogP contribution in [0.5, 0.6) is 0 Å².